The molecule has 1 nitrogen and oxygen atoms in total. The van der Waals surface area contributed by atoms with Gasteiger partial charge in [-0.1, -0.05) is 37.3 Å². The fourth-order valence-corrected chi connectivity index (χ4v) is 1.96. The Morgan fingerprint density at radius 1 is 1.36 bits per heavy atom. The van der Waals surface area contributed by atoms with Crippen molar-refractivity contribution >= 4 is 0 Å². The second-order valence-electron chi connectivity index (χ2n) is 3.72. The van der Waals surface area contributed by atoms with E-state index in [1.165, 1.54) is 5.69 Å². The second-order valence-corrected chi connectivity index (χ2v) is 3.72. The lowest BCUT2D eigenvalue weighted by Crippen LogP contribution is -2.24. The Hall–Kier alpha value is -1.37. The van der Waals surface area contributed by atoms with E-state index >= 15 is 0 Å². The lowest BCUT2D eigenvalue weighted by Gasteiger charge is -2.29. The molecule has 1 aliphatic carbocycles. The van der Waals surface area contributed by atoms with Crippen molar-refractivity contribution in [1.82, 2.24) is 4.98 Å². The van der Waals surface area contributed by atoms with E-state index in [0.29, 0.717) is 0 Å². The molecule has 0 amide bonds. The summed E-state index contributed by atoms with van der Waals surface area (Å²) < 4.78 is 0. The maximum absolute atomic E-state index is 4.46. The van der Waals surface area contributed by atoms with Crippen molar-refractivity contribution in [2.75, 3.05) is 0 Å². The Morgan fingerprint density at radius 3 is 2.86 bits per heavy atom. The van der Waals surface area contributed by atoms with Crippen molar-refractivity contribution in [1.29, 1.82) is 0 Å². The van der Waals surface area contributed by atoms with Gasteiger partial charge in [0.1, 0.15) is 0 Å². The fourth-order valence-electron chi connectivity index (χ4n) is 1.96. The number of pyridine rings is 1. The highest BCUT2D eigenvalue weighted by molar-refractivity contribution is 5.30. The molecule has 0 fully saturated rings. The van der Waals surface area contributed by atoms with E-state index in [0.717, 1.165) is 12.8 Å². The van der Waals surface area contributed by atoms with Gasteiger partial charge in [-0.3, -0.25) is 4.98 Å². The average Bonchev–Trinajstić information content (AvgIpc) is 2.31. The molecule has 1 heterocycles. The van der Waals surface area contributed by atoms with Gasteiger partial charge in [-0.25, -0.2) is 0 Å². The molecule has 1 aliphatic rings. The van der Waals surface area contributed by atoms with Crippen LogP contribution >= 0.6 is 0 Å². The van der Waals surface area contributed by atoms with Crippen LogP contribution in [0.3, 0.4) is 0 Å². The summed E-state index contributed by atoms with van der Waals surface area (Å²) in [6.45, 7) is 2.22. The highest BCUT2D eigenvalue weighted by Crippen LogP contribution is 2.34. The average molecular weight is 185 g/mol. The minimum Gasteiger partial charge on any atom is -0.260 e. The molecule has 0 bridgehead atoms. The standard InChI is InChI=1S/C13H15N/c1-2-13(9-5-3-6-10-13)12-8-4-7-11-14-12/h3-9,11H,2,10H2,1H3/t13-/m0/s1. The van der Waals surface area contributed by atoms with Gasteiger partial charge < -0.3 is 0 Å². The van der Waals surface area contributed by atoms with E-state index in [2.05, 4.69) is 48.3 Å². The first-order valence-electron chi connectivity index (χ1n) is 5.13. The van der Waals surface area contributed by atoms with Crippen LogP contribution in [0.4, 0.5) is 0 Å². The van der Waals surface area contributed by atoms with E-state index in [1.807, 2.05) is 12.3 Å². The topological polar surface area (TPSA) is 12.9 Å². The highest BCUT2D eigenvalue weighted by atomic mass is 14.7. The Labute approximate surface area is 85.2 Å². The smallest absolute Gasteiger partial charge is 0.0506 e. The molecule has 0 saturated heterocycles. The Kier molecular flexibility index (Phi) is 2.49. The predicted molar refractivity (Wildman–Crippen MR) is 59.1 cm³/mol. The van der Waals surface area contributed by atoms with Crippen LogP contribution in [0.2, 0.25) is 0 Å². The fraction of sp³-hybridized carbons (Fsp3) is 0.308. The van der Waals surface area contributed by atoms with Crippen LogP contribution in [-0.2, 0) is 5.41 Å². The predicted octanol–water partition coefficient (Wildman–Crippen LogP) is 3.25. The zero-order valence-electron chi connectivity index (χ0n) is 8.48. The normalized spacial score (nSPS) is 25.2. The SMILES string of the molecule is CC[C@]1(c2ccccn2)C=CC=CC1. The molecule has 1 heteroatoms. The van der Waals surface area contributed by atoms with Crippen LogP contribution in [-0.4, -0.2) is 4.98 Å². The third-order valence-corrected chi connectivity index (χ3v) is 2.95. The highest BCUT2D eigenvalue weighted by Gasteiger charge is 2.28. The van der Waals surface area contributed by atoms with Crippen LogP contribution in [0.25, 0.3) is 0 Å². The first kappa shape index (κ1) is 9.20. The van der Waals surface area contributed by atoms with Gasteiger partial charge in [0.05, 0.1) is 5.69 Å². The number of nitrogens with zero attached hydrogens (tertiary/aromatic N) is 1. The molecular formula is C13H15N. The molecule has 2 rings (SSSR count). The van der Waals surface area contributed by atoms with Gasteiger partial charge in [0, 0.05) is 11.6 Å². The molecular weight excluding hydrogens is 170 g/mol. The van der Waals surface area contributed by atoms with E-state index < -0.39 is 0 Å². The van der Waals surface area contributed by atoms with Crippen molar-refractivity contribution in [3.8, 4) is 0 Å². The molecule has 1 aromatic rings. The molecule has 1 atom stereocenters. The summed E-state index contributed by atoms with van der Waals surface area (Å²) in [6, 6.07) is 6.15. The third kappa shape index (κ3) is 1.50. The molecule has 0 spiro atoms. The van der Waals surface area contributed by atoms with Gasteiger partial charge in [-0.05, 0) is 25.0 Å². The first-order valence-corrected chi connectivity index (χ1v) is 5.13. The summed E-state index contributed by atoms with van der Waals surface area (Å²) >= 11 is 0. The third-order valence-electron chi connectivity index (χ3n) is 2.95. The summed E-state index contributed by atoms with van der Waals surface area (Å²) in [6.07, 6.45) is 12.8. The molecule has 0 unspecified atom stereocenters. The van der Waals surface area contributed by atoms with Crippen LogP contribution in [0.5, 0.6) is 0 Å². The molecule has 0 aliphatic heterocycles. The zero-order chi connectivity index (χ0) is 9.86. The van der Waals surface area contributed by atoms with E-state index in [1.54, 1.807) is 0 Å². The zero-order valence-corrected chi connectivity index (χ0v) is 8.48. The minimum absolute atomic E-state index is 0.135. The molecule has 0 saturated carbocycles. The molecule has 1 aromatic heterocycles. The van der Waals surface area contributed by atoms with Gasteiger partial charge in [0.15, 0.2) is 0 Å². The van der Waals surface area contributed by atoms with Crippen LogP contribution in [0.1, 0.15) is 25.5 Å². The van der Waals surface area contributed by atoms with Gasteiger partial charge >= 0.3 is 0 Å². The summed E-state index contributed by atoms with van der Waals surface area (Å²) in [5.41, 5.74) is 1.32. The molecule has 14 heavy (non-hydrogen) atoms. The summed E-state index contributed by atoms with van der Waals surface area (Å²) in [7, 11) is 0. The number of aromatic nitrogens is 1. The van der Waals surface area contributed by atoms with Crippen molar-refractivity contribution in [2.45, 2.75) is 25.2 Å². The summed E-state index contributed by atoms with van der Waals surface area (Å²) in [5.74, 6) is 0. The summed E-state index contributed by atoms with van der Waals surface area (Å²) in [5, 5.41) is 0. The van der Waals surface area contributed by atoms with Gasteiger partial charge in [0.2, 0.25) is 0 Å². The van der Waals surface area contributed by atoms with E-state index in [-0.39, 0.29) is 5.41 Å². The first-order chi connectivity index (χ1) is 6.87. The number of hydrogen-bond acceptors (Lipinski definition) is 1. The number of hydrogen-bond donors (Lipinski definition) is 0. The van der Waals surface area contributed by atoms with E-state index in [9.17, 15) is 0 Å². The second kappa shape index (κ2) is 3.79. The van der Waals surface area contributed by atoms with Gasteiger partial charge in [-0.2, -0.15) is 0 Å². The van der Waals surface area contributed by atoms with Crippen LogP contribution in [0.15, 0.2) is 48.7 Å². The lowest BCUT2D eigenvalue weighted by atomic mass is 9.76. The molecule has 0 radical (unpaired) electrons. The lowest BCUT2D eigenvalue weighted by molar-refractivity contribution is 0.503. The van der Waals surface area contributed by atoms with Crippen molar-refractivity contribution < 1.29 is 0 Å². The maximum Gasteiger partial charge on any atom is 0.0506 e. The van der Waals surface area contributed by atoms with Crippen LogP contribution < -0.4 is 0 Å². The Bertz CT molecular complexity index is 351. The van der Waals surface area contributed by atoms with Crippen LogP contribution in [0, 0.1) is 0 Å². The van der Waals surface area contributed by atoms with Gasteiger partial charge in [-0.15, -0.1) is 0 Å². The summed E-state index contributed by atoms with van der Waals surface area (Å²) in [4.78, 5) is 4.46. The maximum atomic E-state index is 4.46. The van der Waals surface area contributed by atoms with Crippen molar-refractivity contribution in [3.05, 3.63) is 54.4 Å². The Balaban J connectivity index is 2.39. The molecule has 0 N–H and O–H groups in total. The monoisotopic (exact) mass is 185 g/mol. The van der Waals surface area contributed by atoms with Crippen molar-refractivity contribution in [2.24, 2.45) is 0 Å². The largest absolute Gasteiger partial charge is 0.260 e. The quantitative estimate of drug-likeness (QED) is 0.689. The molecule has 0 aromatic carbocycles. The number of rotatable bonds is 2. The molecule has 72 valence electrons. The van der Waals surface area contributed by atoms with E-state index in [4.69, 9.17) is 0 Å². The number of allylic oxidation sites excluding steroid dienone is 4. The van der Waals surface area contributed by atoms with Gasteiger partial charge in [0.25, 0.3) is 0 Å². The Morgan fingerprint density at radius 2 is 2.29 bits per heavy atom. The van der Waals surface area contributed by atoms with Crippen molar-refractivity contribution in [3.63, 3.8) is 0 Å². The minimum atomic E-state index is 0.135.